The van der Waals surface area contributed by atoms with Crippen molar-refractivity contribution in [1.29, 1.82) is 5.26 Å². The highest BCUT2D eigenvalue weighted by molar-refractivity contribution is 7.10. The second kappa shape index (κ2) is 4.80. The molecule has 0 unspecified atom stereocenters. The van der Waals surface area contributed by atoms with Crippen LogP contribution in [0.4, 0.5) is 10.8 Å². The summed E-state index contributed by atoms with van der Waals surface area (Å²) in [5.74, 6) is 1.03. The fourth-order valence-corrected chi connectivity index (χ4v) is 2.01. The van der Waals surface area contributed by atoms with Crippen molar-refractivity contribution in [3.63, 3.8) is 0 Å². The van der Waals surface area contributed by atoms with Gasteiger partial charge in [-0.05, 0) is 11.5 Å². The fraction of sp³-hybridized carbons (Fsp3) is 0.333. The predicted molar refractivity (Wildman–Crippen MR) is 64.4 cm³/mol. The Labute approximate surface area is 102 Å². The van der Waals surface area contributed by atoms with Gasteiger partial charge >= 0.3 is 0 Å². The van der Waals surface area contributed by atoms with Crippen molar-refractivity contribution in [2.45, 2.75) is 6.42 Å². The number of aromatic nitrogens is 4. The maximum Gasteiger partial charge on any atom is 0.157 e. The summed E-state index contributed by atoms with van der Waals surface area (Å²) in [4.78, 5) is 4.10. The first-order valence-electron chi connectivity index (χ1n) is 4.94. The maximum atomic E-state index is 8.88. The van der Waals surface area contributed by atoms with Gasteiger partial charge in [0.05, 0.1) is 0 Å². The molecule has 0 amide bonds. The Morgan fingerprint density at radius 2 is 2.47 bits per heavy atom. The Balaban J connectivity index is 1.92. The van der Waals surface area contributed by atoms with Crippen LogP contribution in [0.5, 0.6) is 0 Å². The lowest BCUT2D eigenvalue weighted by Gasteiger charge is -2.00. The molecule has 2 aromatic heterocycles. The van der Waals surface area contributed by atoms with Crippen LogP contribution in [0.1, 0.15) is 11.4 Å². The van der Waals surface area contributed by atoms with Crippen LogP contribution in [0.2, 0.25) is 0 Å². The summed E-state index contributed by atoms with van der Waals surface area (Å²) in [7, 11) is 1.82. The lowest BCUT2D eigenvalue weighted by Crippen LogP contribution is -2.06. The number of anilines is 2. The Kier molecular flexibility index (Phi) is 3.20. The van der Waals surface area contributed by atoms with Gasteiger partial charge in [-0.25, -0.2) is 4.98 Å². The van der Waals surface area contributed by atoms with Gasteiger partial charge in [-0.1, -0.05) is 0 Å². The summed E-state index contributed by atoms with van der Waals surface area (Å²) in [6.45, 7) is 0.639. The first kappa shape index (κ1) is 11.3. The molecule has 0 fully saturated rings. The summed E-state index contributed by atoms with van der Waals surface area (Å²) < 4.78 is 5.57. The molecule has 2 aromatic rings. The highest BCUT2D eigenvalue weighted by Gasteiger charge is 2.10. The summed E-state index contributed by atoms with van der Waals surface area (Å²) >= 11 is 1.19. The van der Waals surface area contributed by atoms with Crippen molar-refractivity contribution in [3.05, 3.63) is 17.7 Å². The van der Waals surface area contributed by atoms with Gasteiger partial charge in [-0.2, -0.15) is 14.7 Å². The molecule has 0 aromatic carbocycles. The molecule has 0 atom stereocenters. The third-order valence-corrected chi connectivity index (χ3v) is 2.93. The van der Waals surface area contributed by atoms with E-state index in [0.717, 1.165) is 5.82 Å². The van der Waals surface area contributed by atoms with Gasteiger partial charge in [0.1, 0.15) is 23.0 Å². The predicted octanol–water partition coefficient (Wildman–Crippen LogP) is 0.380. The monoisotopic (exact) mass is 249 g/mol. The standard InChI is InChI=1S/C9H11N7S/c1-16-5-13-7(14-16)2-3-12-9-6(4-10)8(11)15-17-9/h5,12H,2-3H2,1H3,(H2,11,15). The Morgan fingerprint density at radius 1 is 1.65 bits per heavy atom. The van der Waals surface area contributed by atoms with Crippen molar-refractivity contribution >= 4 is 22.4 Å². The second-order valence-corrected chi connectivity index (χ2v) is 4.17. The van der Waals surface area contributed by atoms with Crippen LogP contribution in [0.3, 0.4) is 0 Å². The number of nitrogen functional groups attached to an aromatic ring is 1. The van der Waals surface area contributed by atoms with Crippen molar-refractivity contribution in [3.8, 4) is 6.07 Å². The Morgan fingerprint density at radius 3 is 3.12 bits per heavy atom. The number of aryl methyl sites for hydroxylation is 1. The van der Waals surface area contributed by atoms with E-state index in [2.05, 4.69) is 19.8 Å². The number of hydrogen-bond acceptors (Lipinski definition) is 7. The summed E-state index contributed by atoms with van der Waals surface area (Å²) in [6, 6.07) is 2.02. The molecule has 2 heterocycles. The molecule has 0 spiro atoms. The molecule has 17 heavy (non-hydrogen) atoms. The highest BCUT2D eigenvalue weighted by Crippen LogP contribution is 2.25. The van der Waals surface area contributed by atoms with Gasteiger partial charge < -0.3 is 11.1 Å². The third kappa shape index (κ3) is 2.51. The minimum Gasteiger partial charge on any atom is -0.382 e. The molecule has 0 aliphatic heterocycles. The smallest absolute Gasteiger partial charge is 0.157 e. The quantitative estimate of drug-likeness (QED) is 0.811. The molecule has 8 heteroatoms. The zero-order chi connectivity index (χ0) is 12.3. The minimum atomic E-state index is 0.274. The zero-order valence-electron chi connectivity index (χ0n) is 9.21. The largest absolute Gasteiger partial charge is 0.382 e. The first-order chi connectivity index (χ1) is 8.20. The number of nitriles is 1. The highest BCUT2D eigenvalue weighted by atomic mass is 32.1. The lowest BCUT2D eigenvalue weighted by atomic mass is 10.3. The summed E-state index contributed by atoms with van der Waals surface area (Å²) in [5.41, 5.74) is 5.95. The van der Waals surface area contributed by atoms with Crippen LogP contribution in [0.15, 0.2) is 6.33 Å². The molecular weight excluding hydrogens is 238 g/mol. The van der Waals surface area contributed by atoms with Crippen molar-refractivity contribution < 1.29 is 0 Å². The second-order valence-electron chi connectivity index (χ2n) is 3.39. The molecule has 0 bridgehead atoms. The Bertz CT molecular complexity index is 550. The number of hydrogen-bond donors (Lipinski definition) is 2. The number of nitrogens with zero attached hydrogens (tertiary/aromatic N) is 5. The maximum absolute atomic E-state index is 8.88. The average molecular weight is 249 g/mol. The molecule has 0 saturated heterocycles. The lowest BCUT2D eigenvalue weighted by molar-refractivity contribution is 0.742. The molecule has 7 nitrogen and oxygen atoms in total. The van der Waals surface area contributed by atoms with Gasteiger partial charge in [0.2, 0.25) is 0 Å². The van der Waals surface area contributed by atoms with E-state index < -0.39 is 0 Å². The van der Waals surface area contributed by atoms with E-state index in [1.54, 1.807) is 11.0 Å². The first-order valence-corrected chi connectivity index (χ1v) is 5.71. The molecule has 0 aliphatic carbocycles. The van der Waals surface area contributed by atoms with Crippen LogP contribution >= 0.6 is 11.5 Å². The average Bonchev–Trinajstić information content (AvgIpc) is 2.86. The molecule has 88 valence electrons. The van der Waals surface area contributed by atoms with E-state index in [-0.39, 0.29) is 5.82 Å². The van der Waals surface area contributed by atoms with Crippen LogP contribution in [0.25, 0.3) is 0 Å². The van der Waals surface area contributed by atoms with Gasteiger partial charge in [-0.15, -0.1) is 0 Å². The van der Waals surface area contributed by atoms with Crippen LogP contribution < -0.4 is 11.1 Å². The number of nitrogens with one attached hydrogen (secondary N) is 1. The SMILES string of the molecule is Cn1cnc(CCNc2snc(N)c2C#N)n1. The molecule has 2 rings (SSSR count). The van der Waals surface area contributed by atoms with E-state index in [4.69, 9.17) is 11.0 Å². The minimum absolute atomic E-state index is 0.274. The number of rotatable bonds is 4. The fourth-order valence-electron chi connectivity index (χ4n) is 1.32. The van der Waals surface area contributed by atoms with Crippen molar-refractivity contribution in [2.24, 2.45) is 7.05 Å². The zero-order valence-corrected chi connectivity index (χ0v) is 10.0. The topological polar surface area (TPSA) is 105 Å². The molecule has 0 saturated carbocycles. The molecule has 0 radical (unpaired) electrons. The van der Waals surface area contributed by atoms with Crippen LogP contribution in [-0.2, 0) is 13.5 Å². The van der Waals surface area contributed by atoms with Crippen molar-refractivity contribution in [2.75, 3.05) is 17.6 Å². The number of nitrogens with two attached hydrogens (primary N) is 1. The van der Waals surface area contributed by atoms with E-state index in [1.807, 2.05) is 13.1 Å². The molecule has 3 N–H and O–H groups in total. The molecule has 0 aliphatic rings. The Hall–Kier alpha value is -2.14. The van der Waals surface area contributed by atoms with E-state index in [0.29, 0.717) is 23.5 Å². The third-order valence-electron chi connectivity index (χ3n) is 2.11. The summed E-state index contributed by atoms with van der Waals surface area (Å²) in [5, 5.41) is 16.8. The van der Waals surface area contributed by atoms with Gasteiger partial charge in [0.25, 0.3) is 0 Å². The van der Waals surface area contributed by atoms with E-state index >= 15 is 0 Å². The van der Waals surface area contributed by atoms with E-state index in [1.165, 1.54) is 11.5 Å². The normalized spacial score (nSPS) is 10.1. The van der Waals surface area contributed by atoms with Crippen LogP contribution in [-0.4, -0.2) is 25.7 Å². The van der Waals surface area contributed by atoms with Gasteiger partial charge in [0.15, 0.2) is 11.6 Å². The van der Waals surface area contributed by atoms with Crippen LogP contribution in [0, 0.1) is 11.3 Å². The summed E-state index contributed by atoms with van der Waals surface area (Å²) in [6.07, 6.45) is 2.34. The van der Waals surface area contributed by atoms with Gasteiger partial charge in [-0.3, -0.25) is 4.68 Å². The molecular formula is C9H11N7S. The van der Waals surface area contributed by atoms with Crippen molar-refractivity contribution in [1.82, 2.24) is 19.1 Å². The van der Waals surface area contributed by atoms with E-state index in [9.17, 15) is 0 Å². The van der Waals surface area contributed by atoms with Gasteiger partial charge in [0, 0.05) is 20.0 Å².